The summed E-state index contributed by atoms with van der Waals surface area (Å²) in [6.45, 7) is 4.27. The fraction of sp³-hybridized carbons (Fsp3) is 0.643. The first-order valence-corrected chi connectivity index (χ1v) is 6.91. The molecule has 1 aliphatic heterocycles. The maximum atomic E-state index is 12.0. The molecule has 118 valence electrons. The Kier molecular flexibility index (Phi) is 5.90. The van der Waals surface area contributed by atoms with Crippen LogP contribution in [0.1, 0.15) is 26.7 Å². The van der Waals surface area contributed by atoms with Gasteiger partial charge in [-0.1, -0.05) is 0 Å². The van der Waals surface area contributed by atoms with E-state index in [4.69, 9.17) is 5.11 Å². The number of hydrogen-bond acceptors (Lipinski definition) is 4. The molecule has 0 aromatic rings. The van der Waals surface area contributed by atoms with Crippen LogP contribution in [0.5, 0.6) is 0 Å². The van der Waals surface area contributed by atoms with Crippen LogP contribution in [0.25, 0.3) is 0 Å². The van der Waals surface area contributed by atoms with Gasteiger partial charge >= 0.3 is 12.0 Å². The summed E-state index contributed by atoms with van der Waals surface area (Å²) < 4.78 is 0. The zero-order chi connectivity index (χ0) is 16.2. The Morgan fingerprint density at radius 1 is 1.29 bits per heavy atom. The SMILES string of the molecule is CC(C(=O)O)=C(C)C(=O)NC(=O)N(C)CC1CCCN1C. The highest BCUT2D eigenvalue weighted by molar-refractivity contribution is 6.07. The lowest BCUT2D eigenvalue weighted by Gasteiger charge is -2.25. The molecule has 1 fully saturated rings. The van der Waals surface area contributed by atoms with Gasteiger partial charge in [0.15, 0.2) is 0 Å². The molecule has 1 heterocycles. The maximum Gasteiger partial charge on any atom is 0.331 e. The second-order valence-corrected chi connectivity index (χ2v) is 5.47. The van der Waals surface area contributed by atoms with Gasteiger partial charge in [0.2, 0.25) is 0 Å². The first-order chi connectivity index (χ1) is 9.73. The second kappa shape index (κ2) is 7.21. The number of imide groups is 1. The molecule has 21 heavy (non-hydrogen) atoms. The monoisotopic (exact) mass is 297 g/mol. The zero-order valence-electron chi connectivity index (χ0n) is 13.0. The van der Waals surface area contributed by atoms with Gasteiger partial charge in [0.1, 0.15) is 0 Å². The summed E-state index contributed by atoms with van der Waals surface area (Å²) in [5.41, 5.74) is -0.0410. The van der Waals surface area contributed by atoms with Crippen molar-refractivity contribution in [3.05, 3.63) is 11.1 Å². The van der Waals surface area contributed by atoms with Gasteiger partial charge < -0.3 is 14.9 Å². The van der Waals surface area contributed by atoms with Gasteiger partial charge in [-0.15, -0.1) is 0 Å². The second-order valence-electron chi connectivity index (χ2n) is 5.47. The minimum Gasteiger partial charge on any atom is -0.478 e. The molecule has 0 saturated carbocycles. The molecule has 2 N–H and O–H groups in total. The van der Waals surface area contributed by atoms with E-state index in [2.05, 4.69) is 10.2 Å². The molecular weight excluding hydrogens is 274 g/mol. The molecule has 7 heteroatoms. The van der Waals surface area contributed by atoms with Crippen molar-refractivity contribution < 1.29 is 19.5 Å². The number of rotatable bonds is 4. The zero-order valence-corrected chi connectivity index (χ0v) is 13.0. The van der Waals surface area contributed by atoms with Crippen molar-refractivity contribution in [2.75, 3.05) is 27.2 Å². The summed E-state index contributed by atoms with van der Waals surface area (Å²) >= 11 is 0. The van der Waals surface area contributed by atoms with E-state index in [0.29, 0.717) is 12.6 Å². The molecule has 0 spiro atoms. The van der Waals surface area contributed by atoms with Crippen LogP contribution < -0.4 is 5.32 Å². The van der Waals surface area contributed by atoms with E-state index >= 15 is 0 Å². The van der Waals surface area contributed by atoms with Crippen molar-refractivity contribution >= 4 is 17.9 Å². The average Bonchev–Trinajstić information content (AvgIpc) is 2.82. The third-order valence-corrected chi connectivity index (χ3v) is 3.95. The van der Waals surface area contributed by atoms with Gasteiger partial charge in [-0.3, -0.25) is 10.1 Å². The minimum absolute atomic E-state index is 0.0298. The molecule has 0 aromatic carbocycles. The minimum atomic E-state index is -1.17. The number of carboxylic acid groups (broad SMARTS) is 1. The topological polar surface area (TPSA) is 89.9 Å². The van der Waals surface area contributed by atoms with E-state index in [1.807, 2.05) is 7.05 Å². The highest BCUT2D eigenvalue weighted by atomic mass is 16.4. The Morgan fingerprint density at radius 2 is 1.90 bits per heavy atom. The van der Waals surface area contributed by atoms with Crippen LogP contribution in [0, 0.1) is 0 Å². The molecule has 0 bridgehead atoms. The van der Waals surface area contributed by atoms with Crippen LogP contribution in [0.3, 0.4) is 0 Å². The molecule has 3 amide bonds. The van der Waals surface area contributed by atoms with Gasteiger partial charge in [0.25, 0.3) is 5.91 Å². The molecular formula is C14H23N3O4. The van der Waals surface area contributed by atoms with Gasteiger partial charge in [0.05, 0.1) is 0 Å². The number of likely N-dealkylation sites (tertiary alicyclic amines) is 1. The van der Waals surface area contributed by atoms with E-state index < -0.39 is 17.9 Å². The van der Waals surface area contributed by atoms with Gasteiger partial charge in [-0.05, 0) is 40.3 Å². The van der Waals surface area contributed by atoms with Crippen molar-refractivity contribution in [2.24, 2.45) is 0 Å². The Morgan fingerprint density at radius 3 is 2.38 bits per heavy atom. The summed E-state index contributed by atoms with van der Waals surface area (Å²) in [7, 11) is 3.63. The number of hydrogen-bond donors (Lipinski definition) is 2. The number of amides is 3. The van der Waals surface area contributed by atoms with E-state index in [0.717, 1.165) is 19.4 Å². The summed E-state index contributed by atoms with van der Waals surface area (Å²) in [5.74, 6) is -1.84. The number of likely N-dealkylation sites (N-methyl/N-ethyl adjacent to an activating group) is 2. The van der Waals surface area contributed by atoms with Crippen LogP contribution in [0.2, 0.25) is 0 Å². The number of carbonyl (C=O) groups is 3. The predicted octanol–water partition coefficient (Wildman–Crippen LogP) is 0.670. The van der Waals surface area contributed by atoms with Crippen molar-refractivity contribution in [3.8, 4) is 0 Å². The summed E-state index contributed by atoms with van der Waals surface area (Å²) in [5, 5.41) is 11.0. The van der Waals surface area contributed by atoms with E-state index in [9.17, 15) is 14.4 Å². The molecule has 0 radical (unpaired) electrons. The van der Waals surface area contributed by atoms with Crippen LogP contribution in [-0.2, 0) is 9.59 Å². The number of carboxylic acids is 1. The third-order valence-electron chi connectivity index (χ3n) is 3.95. The Balaban J connectivity index is 2.58. The van der Waals surface area contributed by atoms with Crippen molar-refractivity contribution in [3.63, 3.8) is 0 Å². The Bertz CT molecular complexity index is 473. The number of urea groups is 1. The predicted molar refractivity (Wildman–Crippen MR) is 77.8 cm³/mol. The molecule has 7 nitrogen and oxygen atoms in total. The quantitative estimate of drug-likeness (QED) is 0.744. The van der Waals surface area contributed by atoms with Crippen molar-refractivity contribution in [2.45, 2.75) is 32.7 Å². The summed E-state index contributed by atoms with van der Waals surface area (Å²) in [4.78, 5) is 38.2. The Labute approximate surface area is 124 Å². The number of aliphatic carboxylic acids is 1. The normalized spacial score (nSPS) is 19.9. The van der Waals surface area contributed by atoms with E-state index in [-0.39, 0.29) is 11.1 Å². The first kappa shape index (κ1) is 17.2. The lowest BCUT2D eigenvalue weighted by Crippen LogP contribution is -2.46. The number of nitrogens with one attached hydrogen (secondary N) is 1. The van der Waals surface area contributed by atoms with Crippen LogP contribution >= 0.6 is 0 Å². The fourth-order valence-corrected chi connectivity index (χ4v) is 2.23. The lowest BCUT2D eigenvalue weighted by atomic mass is 10.1. The standard InChI is InChI=1S/C14H23N3O4/c1-9(10(2)13(19)20)12(18)15-14(21)17(4)8-11-6-5-7-16(11)3/h11H,5-8H2,1-4H3,(H,19,20)(H,15,18,21). The Hall–Kier alpha value is -1.89. The molecule has 1 aliphatic rings. The van der Waals surface area contributed by atoms with Crippen LogP contribution in [-0.4, -0.2) is 66.0 Å². The lowest BCUT2D eigenvalue weighted by molar-refractivity contribution is -0.133. The average molecular weight is 297 g/mol. The van der Waals surface area contributed by atoms with Crippen molar-refractivity contribution in [1.82, 2.24) is 15.1 Å². The van der Waals surface area contributed by atoms with Gasteiger partial charge in [-0.25, -0.2) is 9.59 Å². The summed E-state index contributed by atoms with van der Waals surface area (Å²) in [6, 6.07) is -0.217. The molecule has 0 aliphatic carbocycles. The maximum absolute atomic E-state index is 12.0. The van der Waals surface area contributed by atoms with Crippen LogP contribution in [0.15, 0.2) is 11.1 Å². The van der Waals surface area contributed by atoms with Gasteiger partial charge in [0, 0.05) is 30.8 Å². The molecule has 0 aromatic heterocycles. The largest absolute Gasteiger partial charge is 0.478 e. The fourth-order valence-electron chi connectivity index (χ4n) is 2.23. The molecule has 1 saturated heterocycles. The van der Waals surface area contributed by atoms with E-state index in [1.165, 1.54) is 18.7 Å². The molecule has 1 atom stereocenters. The smallest absolute Gasteiger partial charge is 0.331 e. The highest BCUT2D eigenvalue weighted by Crippen LogP contribution is 2.15. The van der Waals surface area contributed by atoms with Gasteiger partial charge in [-0.2, -0.15) is 0 Å². The number of carbonyl (C=O) groups excluding carboxylic acids is 2. The number of nitrogens with zero attached hydrogens (tertiary/aromatic N) is 2. The summed E-state index contributed by atoms with van der Waals surface area (Å²) in [6.07, 6.45) is 2.13. The highest BCUT2D eigenvalue weighted by Gasteiger charge is 2.25. The van der Waals surface area contributed by atoms with Crippen molar-refractivity contribution in [1.29, 1.82) is 0 Å². The molecule has 1 unspecified atom stereocenters. The van der Waals surface area contributed by atoms with E-state index in [1.54, 1.807) is 7.05 Å². The third kappa shape index (κ3) is 4.56. The van der Waals surface area contributed by atoms with Crippen LogP contribution in [0.4, 0.5) is 4.79 Å². The molecule has 1 rings (SSSR count). The first-order valence-electron chi connectivity index (χ1n) is 6.91.